The van der Waals surface area contributed by atoms with Crippen LogP contribution in [0, 0.1) is 5.82 Å². The van der Waals surface area contributed by atoms with Crippen molar-refractivity contribution in [1.29, 1.82) is 0 Å². The molecule has 138 valence electrons. The van der Waals surface area contributed by atoms with Gasteiger partial charge in [-0.3, -0.25) is 9.69 Å². The van der Waals surface area contributed by atoms with Crippen molar-refractivity contribution in [1.82, 2.24) is 15.5 Å². The van der Waals surface area contributed by atoms with E-state index in [1.54, 1.807) is 19.1 Å². The summed E-state index contributed by atoms with van der Waals surface area (Å²) in [5, 5.41) is 11.5. The van der Waals surface area contributed by atoms with Gasteiger partial charge in [0.05, 0.1) is 24.8 Å². The number of nitrogens with two attached hydrogens (primary N) is 1. The van der Waals surface area contributed by atoms with Crippen molar-refractivity contribution in [2.75, 3.05) is 18.0 Å². The highest BCUT2D eigenvalue weighted by Gasteiger charge is 2.32. The molecule has 0 unspecified atom stereocenters. The average molecular weight is 379 g/mol. The molecule has 2 heterocycles. The zero-order valence-corrected chi connectivity index (χ0v) is 15.0. The number of ether oxygens (including phenoxy) is 1. The summed E-state index contributed by atoms with van der Waals surface area (Å²) in [5.74, 6) is -0.730. The quantitative estimate of drug-likeness (QED) is 0.820. The summed E-state index contributed by atoms with van der Waals surface area (Å²) in [7, 11) is 0. The van der Waals surface area contributed by atoms with Gasteiger partial charge in [0, 0.05) is 12.5 Å². The van der Waals surface area contributed by atoms with E-state index in [1.807, 2.05) is 0 Å². The first-order chi connectivity index (χ1) is 12.3. The summed E-state index contributed by atoms with van der Waals surface area (Å²) >= 11 is 1.22. The Balaban J connectivity index is 1.76. The highest BCUT2D eigenvalue weighted by atomic mass is 32.1. The topological polar surface area (TPSA) is 110 Å². The van der Waals surface area contributed by atoms with E-state index in [0.717, 1.165) is 0 Å². The number of carbonyl (C=O) groups is 2. The Morgan fingerprint density at radius 2 is 2.31 bits per heavy atom. The summed E-state index contributed by atoms with van der Waals surface area (Å²) in [5.41, 5.74) is 6.42. The number of benzene rings is 1. The van der Waals surface area contributed by atoms with Crippen LogP contribution in [-0.4, -0.2) is 41.4 Å². The predicted octanol–water partition coefficient (Wildman–Crippen LogP) is 1.83. The van der Waals surface area contributed by atoms with Crippen molar-refractivity contribution in [3.8, 4) is 10.6 Å². The van der Waals surface area contributed by atoms with E-state index in [4.69, 9.17) is 10.5 Å². The number of amides is 2. The molecule has 2 aromatic rings. The largest absolute Gasteiger partial charge is 0.442 e. The monoisotopic (exact) mass is 379 g/mol. The minimum Gasteiger partial charge on any atom is -0.442 e. The van der Waals surface area contributed by atoms with Crippen LogP contribution in [0.25, 0.3) is 10.6 Å². The zero-order valence-electron chi connectivity index (χ0n) is 14.2. The number of rotatable bonds is 5. The Morgan fingerprint density at radius 3 is 2.92 bits per heavy atom. The molecular formula is C16H18FN5O3S. The maximum absolute atomic E-state index is 14.5. The van der Waals surface area contributed by atoms with E-state index in [9.17, 15) is 14.0 Å². The van der Waals surface area contributed by atoms with Gasteiger partial charge >= 0.3 is 6.09 Å². The molecule has 1 aliphatic heterocycles. The van der Waals surface area contributed by atoms with E-state index in [0.29, 0.717) is 21.3 Å². The third-order valence-corrected chi connectivity index (χ3v) is 4.94. The number of halogens is 1. The van der Waals surface area contributed by atoms with Crippen molar-refractivity contribution in [3.05, 3.63) is 29.0 Å². The molecule has 3 N–H and O–H groups in total. The van der Waals surface area contributed by atoms with Gasteiger partial charge in [-0.25, -0.2) is 9.18 Å². The number of hydrogen-bond donors (Lipinski definition) is 2. The van der Waals surface area contributed by atoms with Gasteiger partial charge in [-0.15, -0.1) is 10.2 Å². The van der Waals surface area contributed by atoms with Crippen LogP contribution < -0.4 is 16.0 Å². The molecule has 1 aliphatic rings. The summed E-state index contributed by atoms with van der Waals surface area (Å²) in [6.07, 6.45) is -1.06. The van der Waals surface area contributed by atoms with Crippen molar-refractivity contribution >= 4 is 29.0 Å². The molecule has 0 spiro atoms. The number of aromatic nitrogens is 2. The molecule has 8 nitrogen and oxygen atoms in total. The van der Waals surface area contributed by atoms with E-state index in [1.165, 1.54) is 29.2 Å². The average Bonchev–Trinajstić information content (AvgIpc) is 3.20. The lowest BCUT2D eigenvalue weighted by molar-refractivity contribution is -0.119. The molecule has 1 saturated heterocycles. The highest BCUT2D eigenvalue weighted by molar-refractivity contribution is 7.14. The molecule has 1 aromatic heterocycles. The predicted molar refractivity (Wildman–Crippen MR) is 94.2 cm³/mol. The second kappa shape index (κ2) is 7.34. The fourth-order valence-electron chi connectivity index (χ4n) is 2.47. The Morgan fingerprint density at radius 1 is 1.54 bits per heavy atom. The van der Waals surface area contributed by atoms with E-state index in [-0.39, 0.29) is 25.0 Å². The molecule has 2 atom stereocenters. The first-order valence-electron chi connectivity index (χ1n) is 7.96. The molecule has 0 bridgehead atoms. The van der Waals surface area contributed by atoms with Gasteiger partial charge in [0.2, 0.25) is 5.91 Å². The minimum absolute atomic E-state index is 0.210. The van der Waals surface area contributed by atoms with Crippen LogP contribution in [0.1, 0.15) is 24.9 Å². The maximum Gasteiger partial charge on any atom is 0.414 e. The third-order valence-electron chi connectivity index (χ3n) is 3.78. The van der Waals surface area contributed by atoms with Gasteiger partial charge in [-0.1, -0.05) is 11.3 Å². The molecular weight excluding hydrogens is 361 g/mol. The SMILES string of the molecule is CC(=O)NC[C@H]1CN(c2ccc(-c3nnc([C@@H](C)N)s3)c(F)c2)C(=O)O1. The number of carbonyl (C=O) groups excluding carboxylic acids is 2. The number of cyclic esters (lactones) is 1. The fourth-order valence-corrected chi connectivity index (χ4v) is 3.29. The van der Waals surface area contributed by atoms with Crippen LogP contribution in [0.2, 0.25) is 0 Å². The first kappa shape index (κ1) is 18.2. The van der Waals surface area contributed by atoms with Crippen LogP contribution in [0.4, 0.5) is 14.9 Å². The Kier molecular flexibility index (Phi) is 5.14. The second-order valence-electron chi connectivity index (χ2n) is 5.95. The lowest BCUT2D eigenvalue weighted by Crippen LogP contribution is -2.33. The summed E-state index contributed by atoms with van der Waals surface area (Å²) in [6, 6.07) is 4.14. The Bertz CT molecular complexity index is 841. The Labute approximate surface area is 153 Å². The molecule has 2 amide bonds. The standard InChI is InChI=1S/C16H18FN5O3S/c1-8(18)14-20-21-15(26-14)12-4-3-10(5-13(12)17)22-7-11(25-16(22)24)6-19-9(2)23/h3-5,8,11H,6-7,18H2,1-2H3,(H,19,23)/t8-,11+/m1/s1. The number of nitrogens with one attached hydrogen (secondary N) is 1. The minimum atomic E-state index is -0.581. The summed E-state index contributed by atoms with van der Waals surface area (Å²) < 4.78 is 19.7. The van der Waals surface area contributed by atoms with Gasteiger partial charge in [0.15, 0.2) is 5.01 Å². The van der Waals surface area contributed by atoms with Crippen LogP contribution in [0.15, 0.2) is 18.2 Å². The summed E-state index contributed by atoms with van der Waals surface area (Å²) in [4.78, 5) is 24.3. The Hall–Kier alpha value is -2.59. The maximum atomic E-state index is 14.5. The van der Waals surface area contributed by atoms with Gasteiger partial charge in [-0.2, -0.15) is 0 Å². The highest BCUT2D eigenvalue weighted by Crippen LogP contribution is 2.31. The molecule has 1 fully saturated rings. The smallest absolute Gasteiger partial charge is 0.414 e. The van der Waals surface area contributed by atoms with Crippen LogP contribution >= 0.6 is 11.3 Å². The van der Waals surface area contributed by atoms with Gasteiger partial charge in [0.25, 0.3) is 0 Å². The van der Waals surface area contributed by atoms with E-state index >= 15 is 0 Å². The zero-order chi connectivity index (χ0) is 18.8. The molecule has 0 radical (unpaired) electrons. The molecule has 10 heteroatoms. The first-order valence-corrected chi connectivity index (χ1v) is 8.78. The fraction of sp³-hybridized carbons (Fsp3) is 0.375. The molecule has 26 heavy (non-hydrogen) atoms. The van der Waals surface area contributed by atoms with Crippen LogP contribution in [0.3, 0.4) is 0 Å². The third kappa shape index (κ3) is 3.81. The van der Waals surface area contributed by atoms with Crippen molar-refractivity contribution < 1.29 is 18.7 Å². The van der Waals surface area contributed by atoms with Crippen LogP contribution in [-0.2, 0) is 9.53 Å². The van der Waals surface area contributed by atoms with Crippen LogP contribution in [0.5, 0.6) is 0 Å². The van der Waals surface area contributed by atoms with Gasteiger partial charge in [0.1, 0.15) is 16.9 Å². The molecule has 1 aromatic carbocycles. The van der Waals surface area contributed by atoms with Crippen molar-refractivity contribution in [3.63, 3.8) is 0 Å². The molecule has 0 aliphatic carbocycles. The lowest BCUT2D eigenvalue weighted by Gasteiger charge is -2.14. The van der Waals surface area contributed by atoms with E-state index < -0.39 is 18.0 Å². The van der Waals surface area contributed by atoms with Gasteiger partial charge in [-0.05, 0) is 25.1 Å². The van der Waals surface area contributed by atoms with Crippen molar-refractivity contribution in [2.45, 2.75) is 26.0 Å². The normalized spacial score (nSPS) is 17.9. The van der Waals surface area contributed by atoms with Gasteiger partial charge < -0.3 is 15.8 Å². The lowest BCUT2D eigenvalue weighted by atomic mass is 10.2. The number of anilines is 1. The number of hydrogen-bond acceptors (Lipinski definition) is 7. The molecule has 0 saturated carbocycles. The summed E-state index contributed by atoms with van der Waals surface area (Å²) in [6.45, 7) is 3.60. The van der Waals surface area contributed by atoms with Crippen molar-refractivity contribution in [2.24, 2.45) is 5.73 Å². The molecule has 3 rings (SSSR count). The number of nitrogens with zero attached hydrogens (tertiary/aromatic N) is 3. The van der Waals surface area contributed by atoms with E-state index in [2.05, 4.69) is 15.5 Å². The second-order valence-corrected chi connectivity index (χ2v) is 6.96.